The number of carbonyl (C=O) groups excluding carboxylic acids is 2. The molecule has 0 aliphatic heterocycles. The van der Waals surface area contributed by atoms with Gasteiger partial charge in [-0.25, -0.2) is 0 Å². The van der Waals surface area contributed by atoms with Gasteiger partial charge in [0.15, 0.2) is 0 Å². The van der Waals surface area contributed by atoms with Crippen molar-refractivity contribution in [3.05, 3.63) is 60.2 Å². The van der Waals surface area contributed by atoms with Crippen molar-refractivity contribution in [2.45, 2.75) is 19.5 Å². The van der Waals surface area contributed by atoms with Gasteiger partial charge in [-0.3, -0.25) is 9.59 Å². The van der Waals surface area contributed by atoms with Gasteiger partial charge in [0.05, 0.1) is 5.56 Å². The second-order valence-corrected chi connectivity index (χ2v) is 5.27. The summed E-state index contributed by atoms with van der Waals surface area (Å²) >= 11 is 0. The van der Waals surface area contributed by atoms with Crippen molar-refractivity contribution < 1.29 is 22.8 Å². The lowest BCUT2D eigenvalue weighted by Gasteiger charge is -2.20. The molecule has 132 valence electrons. The number of hydrogen-bond acceptors (Lipinski definition) is 2. The molecule has 0 saturated carbocycles. The van der Waals surface area contributed by atoms with E-state index in [0.29, 0.717) is 12.2 Å². The van der Waals surface area contributed by atoms with Crippen molar-refractivity contribution in [1.82, 2.24) is 0 Å². The quantitative estimate of drug-likeness (QED) is 0.826. The van der Waals surface area contributed by atoms with Gasteiger partial charge in [0.1, 0.15) is 6.42 Å². The second kappa shape index (κ2) is 7.83. The second-order valence-electron chi connectivity index (χ2n) is 5.27. The van der Waals surface area contributed by atoms with Crippen molar-refractivity contribution in [1.29, 1.82) is 0 Å². The van der Waals surface area contributed by atoms with Crippen molar-refractivity contribution in [2.24, 2.45) is 0 Å². The van der Waals surface area contributed by atoms with Crippen LogP contribution in [0.25, 0.3) is 0 Å². The van der Waals surface area contributed by atoms with Gasteiger partial charge in [0.25, 0.3) is 0 Å². The largest absolute Gasteiger partial charge is 0.416 e. The average Bonchev–Trinajstić information content (AvgIpc) is 2.56. The molecule has 0 bridgehead atoms. The molecule has 0 atom stereocenters. The zero-order chi connectivity index (χ0) is 18.4. The first kappa shape index (κ1) is 18.5. The highest BCUT2D eigenvalue weighted by atomic mass is 19.4. The number of rotatable bonds is 5. The third-order valence-electron chi connectivity index (χ3n) is 3.49. The maximum Gasteiger partial charge on any atom is 0.416 e. The van der Waals surface area contributed by atoms with Crippen molar-refractivity contribution in [3.8, 4) is 0 Å². The van der Waals surface area contributed by atoms with Gasteiger partial charge in [-0.1, -0.05) is 18.2 Å². The van der Waals surface area contributed by atoms with Crippen LogP contribution in [0.1, 0.15) is 18.9 Å². The van der Waals surface area contributed by atoms with Gasteiger partial charge in [-0.15, -0.1) is 0 Å². The fourth-order valence-corrected chi connectivity index (χ4v) is 2.29. The summed E-state index contributed by atoms with van der Waals surface area (Å²) < 4.78 is 37.5. The molecule has 0 spiro atoms. The van der Waals surface area contributed by atoms with Crippen LogP contribution in [0.2, 0.25) is 0 Å². The summed E-state index contributed by atoms with van der Waals surface area (Å²) in [5.74, 6) is -0.975. The van der Waals surface area contributed by atoms with Gasteiger partial charge in [-0.05, 0) is 43.3 Å². The number of nitrogens with zero attached hydrogens (tertiary/aromatic N) is 1. The van der Waals surface area contributed by atoms with Crippen LogP contribution in [0, 0.1) is 0 Å². The molecule has 0 aliphatic rings. The minimum Gasteiger partial charge on any atom is -0.326 e. The number of anilines is 2. The Morgan fingerprint density at radius 1 is 1.00 bits per heavy atom. The molecule has 0 saturated heterocycles. The molecular formula is C18H17F3N2O2. The molecule has 2 aromatic rings. The minimum absolute atomic E-state index is 0.202. The lowest BCUT2D eigenvalue weighted by atomic mass is 10.2. The van der Waals surface area contributed by atoms with Crippen molar-refractivity contribution >= 4 is 23.2 Å². The molecule has 2 rings (SSSR count). The molecule has 7 heteroatoms. The fraction of sp³-hybridized carbons (Fsp3) is 0.222. The topological polar surface area (TPSA) is 49.4 Å². The third-order valence-corrected chi connectivity index (χ3v) is 3.49. The van der Waals surface area contributed by atoms with Crippen LogP contribution < -0.4 is 10.2 Å². The zero-order valence-electron chi connectivity index (χ0n) is 13.5. The average molecular weight is 350 g/mol. The number of carbonyl (C=O) groups is 2. The number of hydrogen-bond donors (Lipinski definition) is 1. The van der Waals surface area contributed by atoms with E-state index in [1.54, 1.807) is 31.2 Å². The van der Waals surface area contributed by atoms with Crippen LogP contribution in [0.15, 0.2) is 54.6 Å². The first-order chi connectivity index (χ1) is 11.8. The maximum atomic E-state index is 12.5. The smallest absolute Gasteiger partial charge is 0.326 e. The van der Waals surface area contributed by atoms with Crippen LogP contribution in [-0.4, -0.2) is 18.4 Å². The SMILES string of the molecule is CCN(C(=O)CC(=O)Nc1ccc(C(F)(F)F)cc1)c1ccccc1. The fourth-order valence-electron chi connectivity index (χ4n) is 2.29. The molecule has 25 heavy (non-hydrogen) atoms. The van der Waals surface area contributed by atoms with E-state index in [4.69, 9.17) is 0 Å². The Labute approximate surface area is 143 Å². The maximum absolute atomic E-state index is 12.5. The predicted octanol–water partition coefficient (Wildman–Crippen LogP) is 4.09. The summed E-state index contributed by atoms with van der Waals surface area (Å²) in [5, 5.41) is 2.43. The Hall–Kier alpha value is -2.83. The van der Waals surface area contributed by atoms with Gasteiger partial charge in [-0.2, -0.15) is 13.2 Å². The van der Waals surface area contributed by atoms with Crippen LogP contribution in [0.5, 0.6) is 0 Å². The number of amides is 2. The molecule has 4 nitrogen and oxygen atoms in total. The third kappa shape index (κ3) is 5.07. The van der Waals surface area contributed by atoms with E-state index in [2.05, 4.69) is 5.32 Å². The van der Waals surface area contributed by atoms with E-state index in [1.165, 1.54) is 4.90 Å². The van der Waals surface area contributed by atoms with Gasteiger partial charge in [0.2, 0.25) is 11.8 Å². The van der Waals surface area contributed by atoms with Gasteiger partial charge < -0.3 is 10.2 Å². The predicted molar refractivity (Wildman–Crippen MR) is 89.2 cm³/mol. The lowest BCUT2D eigenvalue weighted by Crippen LogP contribution is -2.33. The number of halogens is 3. The van der Waals surface area contributed by atoms with Gasteiger partial charge >= 0.3 is 6.18 Å². The molecule has 1 N–H and O–H groups in total. The van der Waals surface area contributed by atoms with E-state index >= 15 is 0 Å². The molecule has 0 aromatic heterocycles. The molecule has 0 fully saturated rings. The summed E-state index contributed by atoms with van der Waals surface area (Å²) in [5.41, 5.74) is 0.0775. The van der Waals surface area contributed by atoms with Crippen molar-refractivity contribution in [3.63, 3.8) is 0 Å². The summed E-state index contributed by atoms with van der Waals surface area (Å²) in [6, 6.07) is 13.0. The zero-order valence-corrected chi connectivity index (χ0v) is 13.5. The Kier molecular flexibility index (Phi) is 5.80. The number of benzene rings is 2. The first-order valence-corrected chi connectivity index (χ1v) is 7.63. The van der Waals surface area contributed by atoms with E-state index < -0.39 is 30.0 Å². The van der Waals surface area contributed by atoms with E-state index in [1.807, 2.05) is 6.07 Å². The van der Waals surface area contributed by atoms with Crippen LogP contribution in [0.3, 0.4) is 0 Å². The Morgan fingerprint density at radius 2 is 1.60 bits per heavy atom. The Bertz CT molecular complexity index is 728. The number of para-hydroxylation sites is 1. The molecule has 2 aromatic carbocycles. The monoisotopic (exact) mass is 350 g/mol. The molecule has 0 unspecified atom stereocenters. The normalized spacial score (nSPS) is 11.0. The molecule has 0 radical (unpaired) electrons. The molecule has 0 heterocycles. The highest BCUT2D eigenvalue weighted by Gasteiger charge is 2.30. The lowest BCUT2D eigenvalue weighted by molar-refractivity contribution is -0.137. The highest BCUT2D eigenvalue weighted by Crippen LogP contribution is 2.29. The Balaban J connectivity index is 1.98. The van der Waals surface area contributed by atoms with E-state index in [-0.39, 0.29) is 5.69 Å². The van der Waals surface area contributed by atoms with Crippen LogP contribution in [0.4, 0.5) is 24.5 Å². The molecule has 2 amide bonds. The van der Waals surface area contributed by atoms with Crippen LogP contribution in [-0.2, 0) is 15.8 Å². The Morgan fingerprint density at radius 3 is 2.12 bits per heavy atom. The summed E-state index contributed by atoms with van der Waals surface area (Å²) in [6.45, 7) is 2.19. The summed E-state index contributed by atoms with van der Waals surface area (Å²) in [6.07, 6.45) is -4.83. The minimum atomic E-state index is -4.43. The summed E-state index contributed by atoms with van der Waals surface area (Å²) in [4.78, 5) is 25.7. The van der Waals surface area contributed by atoms with E-state index in [9.17, 15) is 22.8 Å². The highest BCUT2D eigenvalue weighted by molar-refractivity contribution is 6.09. The number of nitrogens with one attached hydrogen (secondary N) is 1. The number of alkyl halides is 3. The van der Waals surface area contributed by atoms with Gasteiger partial charge in [0, 0.05) is 17.9 Å². The first-order valence-electron chi connectivity index (χ1n) is 7.63. The summed E-state index contributed by atoms with van der Waals surface area (Å²) in [7, 11) is 0. The molecule has 0 aliphatic carbocycles. The van der Waals surface area contributed by atoms with Crippen molar-refractivity contribution in [2.75, 3.05) is 16.8 Å². The van der Waals surface area contributed by atoms with E-state index in [0.717, 1.165) is 24.3 Å². The standard InChI is InChI=1S/C18H17F3N2O2/c1-2-23(15-6-4-3-5-7-15)17(25)12-16(24)22-14-10-8-13(9-11-14)18(19,20)21/h3-11H,2,12H2,1H3,(H,22,24). The van der Waals surface area contributed by atoms with Crippen LogP contribution >= 0.6 is 0 Å². The molecular weight excluding hydrogens is 333 g/mol.